The number of nitrogens with zero attached hydrogens (tertiary/aromatic N) is 1. The number of nitrogens with one attached hydrogen (secondary N) is 1. The number of rotatable bonds is 2. The summed E-state index contributed by atoms with van der Waals surface area (Å²) >= 11 is 0. The molecule has 18 heavy (non-hydrogen) atoms. The van der Waals surface area contributed by atoms with Crippen molar-refractivity contribution in [2.45, 2.75) is 65.1 Å². The van der Waals surface area contributed by atoms with Gasteiger partial charge in [0.25, 0.3) is 0 Å². The Balaban J connectivity index is 1.92. The Bertz CT molecular complexity index is 329. The summed E-state index contributed by atoms with van der Waals surface area (Å²) in [4.78, 5) is 14.3. The van der Waals surface area contributed by atoms with Gasteiger partial charge in [0.2, 0.25) is 0 Å². The molecule has 4 nitrogen and oxygen atoms in total. The summed E-state index contributed by atoms with van der Waals surface area (Å²) < 4.78 is 5.35. The molecule has 2 rings (SSSR count). The van der Waals surface area contributed by atoms with E-state index in [0.717, 1.165) is 13.1 Å². The largest absolute Gasteiger partial charge is 0.444 e. The zero-order valence-corrected chi connectivity index (χ0v) is 12.2. The molecular formula is C14H26N2O2. The van der Waals surface area contributed by atoms with Gasteiger partial charge < -0.3 is 10.1 Å². The number of alkyl carbamates (subject to hydrolysis) is 1. The third-order valence-electron chi connectivity index (χ3n) is 3.99. The highest BCUT2D eigenvalue weighted by atomic mass is 16.6. The third kappa shape index (κ3) is 2.97. The Kier molecular flexibility index (Phi) is 3.34. The summed E-state index contributed by atoms with van der Waals surface area (Å²) in [5, 5.41) is 3.07. The molecule has 1 aliphatic carbocycles. The molecule has 1 saturated heterocycles. The van der Waals surface area contributed by atoms with Crippen molar-refractivity contribution < 1.29 is 9.53 Å². The molecule has 104 valence electrons. The molecule has 1 atom stereocenters. The second kappa shape index (κ2) is 4.41. The van der Waals surface area contributed by atoms with Gasteiger partial charge in [0.15, 0.2) is 0 Å². The number of carbonyl (C=O) groups is 1. The van der Waals surface area contributed by atoms with Crippen molar-refractivity contribution in [3.63, 3.8) is 0 Å². The van der Waals surface area contributed by atoms with Crippen molar-refractivity contribution in [1.29, 1.82) is 0 Å². The normalized spacial score (nSPS) is 26.7. The van der Waals surface area contributed by atoms with Crippen molar-refractivity contribution in [2.24, 2.45) is 5.41 Å². The predicted octanol–water partition coefficient (Wildman–Crippen LogP) is 2.38. The van der Waals surface area contributed by atoms with Gasteiger partial charge in [-0.25, -0.2) is 4.79 Å². The van der Waals surface area contributed by atoms with E-state index >= 15 is 0 Å². The molecule has 4 heteroatoms. The lowest BCUT2D eigenvalue weighted by Gasteiger charge is -2.24. The van der Waals surface area contributed by atoms with Crippen LogP contribution in [0.2, 0.25) is 0 Å². The number of hydrogen-bond donors (Lipinski definition) is 1. The lowest BCUT2D eigenvalue weighted by atomic mass is 10.0. The fourth-order valence-electron chi connectivity index (χ4n) is 2.72. The van der Waals surface area contributed by atoms with Crippen LogP contribution in [-0.4, -0.2) is 41.8 Å². The molecule has 1 aliphatic heterocycles. The zero-order valence-electron chi connectivity index (χ0n) is 12.2. The van der Waals surface area contributed by atoms with Crippen molar-refractivity contribution >= 4 is 6.09 Å². The van der Waals surface area contributed by atoms with Crippen LogP contribution in [0.3, 0.4) is 0 Å². The van der Waals surface area contributed by atoms with E-state index < -0.39 is 5.60 Å². The molecule has 1 amide bonds. The van der Waals surface area contributed by atoms with Crippen molar-refractivity contribution in [3.05, 3.63) is 0 Å². The van der Waals surface area contributed by atoms with Gasteiger partial charge in [-0.3, -0.25) is 4.90 Å². The molecule has 0 unspecified atom stereocenters. The van der Waals surface area contributed by atoms with Gasteiger partial charge >= 0.3 is 6.09 Å². The molecule has 2 aliphatic rings. The van der Waals surface area contributed by atoms with Gasteiger partial charge in [0.1, 0.15) is 5.60 Å². The fourth-order valence-corrected chi connectivity index (χ4v) is 2.72. The molecule has 0 aromatic carbocycles. The molecule has 0 radical (unpaired) electrons. The standard InChI is InChI=1S/C14H26N2O2/c1-10(2)16-8-11(14(9-16)6-7-14)15-12(17)18-13(3,4)5/h10-11H,6-9H2,1-5H3,(H,15,17)/t11-/m1/s1. The van der Waals surface area contributed by atoms with Gasteiger partial charge in [0.05, 0.1) is 6.04 Å². The first kappa shape index (κ1) is 13.7. The first-order valence-electron chi connectivity index (χ1n) is 6.95. The maximum atomic E-state index is 11.9. The summed E-state index contributed by atoms with van der Waals surface area (Å²) in [5.74, 6) is 0. The van der Waals surface area contributed by atoms with Crippen LogP contribution in [-0.2, 0) is 4.74 Å². The molecule has 1 saturated carbocycles. The van der Waals surface area contributed by atoms with E-state index in [4.69, 9.17) is 4.74 Å². The minimum Gasteiger partial charge on any atom is -0.444 e. The number of carbonyl (C=O) groups excluding carboxylic acids is 1. The van der Waals surface area contributed by atoms with E-state index in [1.54, 1.807) is 0 Å². The monoisotopic (exact) mass is 254 g/mol. The smallest absolute Gasteiger partial charge is 0.407 e. The summed E-state index contributed by atoms with van der Waals surface area (Å²) in [5.41, 5.74) is -0.0850. The molecule has 0 aromatic heterocycles. The number of ether oxygens (including phenoxy) is 1. The van der Waals surface area contributed by atoms with Gasteiger partial charge in [0, 0.05) is 24.5 Å². The Morgan fingerprint density at radius 2 is 2.00 bits per heavy atom. The van der Waals surface area contributed by atoms with Crippen LogP contribution in [0.25, 0.3) is 0 Å². The lowest BCUT2D eigenvalue weighted by Crippen LogP contribution is -2.44. The van der Waals surface area contributed by atoms with Gasteiger partial charge in [-0.1, -0.05) is 0 Å². The fraction of sp³-hybridized carbons (Fsp3) is 0.929. The summed E-state index contributed by atoms with van der Waals surface area (Å²) in [6, 6.07) is 0.808. The predicted molar refractivity (Wildman–Crippen MR) is 71.5 cm³/mol. The van der Waals surface area contributed by atoms with E-state index in [2.05, 4.69) is 24.1 Å². The highest BCUT2D eigenvalue weighted by molar-refractivity contribution is 5.68. The van der Waals surface area contributed by atoms with E-state index in [1.807, 2.05) is 20.8 Å². The second-order valence-electron chi connectivity index (χ2n) is 7.08. The summed E-state index contributed by atoms with van der Waals surface area (Å²) in [7, 11) is 0. The summed E-state index contributed by atoms with van der Waals surface area (Å²) in [6.07, 6.45) is 2.19. The quantitative estimate of drug-likeness (QED) is 0.822. The molecule has 0 bridgehead atoms. The van der Waals surface area contributed by atoms with E-state index in [1.165, 1.54) is 12.8 Å². The van der Waals surface area contributed by atoms with Gasteiger partial charge in [-0.15, -0.1) is 0 Å². The van der Waals surface area contributed by atoms with Crippen molar-refractivity contribution in [2.75, 3.05) is 13.1 Å². The van der Waals surface area contributed by atoms with E-state index in [9.17, 15) is 4.79 Å². The maximum absolute atomic E-state index is 11.9. The van der Waals surface area contributed by atoms with Crippen LogP contribution >= 0.6 is 0 Å². The number of amides is 1. The van der Waals surface area contributed by atoms with Crippen molar-refractivity contribution in [1.82, 2.24) is 10.2 Å². The minimum absolute atomic E-state index is 0.259. The van der Waals surface area contributed by atoms with Crippen LogP contribution in [0, 0.1) is 5.41 Å². The van der Waals surface area contributed by atoms with Crippen LogP contribution in [0.15, 0.2) is 0 Å². The van der Waals surface area contributed by atoms with Crippen LogP contribution in [0.5, 0.6) is 0 Å². The Hall–Kier alpha value is -0.770. The number of hydrogen-bond acceptors (Lipinski definition) is 3. The first-order valence-corrected chi connectivity index (χ1v) is 6.95. The van der Waals surface area contributed by atoms with Gasteiger partial charge in [-0.2, -0.15) is 0 Å². The maximum Gasteiger partial charge on any atom is 0.407 e. The first-order chi connectivity index (χ1) is 8.22. The molecule has 2 fully saturated rings. The van der Waals surface area contributed by atoms with Crippen LogP contribution in [0.1, 0.15) is 47.5 Å². The highest BCUT2D eigenvalue weighted by Crippen LogP contribution is 2.53. The average molecular weight is 254 g/mol. The van der Waals surface area contributed by atoms with E-state index in [-0.39, 0.29) is 12.1 Å². The molecule has 1 N–H and O–H groups in total. The van der Waals surface area contributed by atoms with E-state index in [0.29, 0.717) is 11.5 Å². The van der Waals surface area contributed by atoms with Crippen LogP contribution in [0.4, 0.5) is 4.79 Å². The molecule has 0 aromatic rings. The Labute approximate surface area is 110 Å². The van der Waals surface area contributed by atoms with Gasteiger partial charge in [-0.05, 0) is 47.5 Å². The summed E-state index contributed by atoms with van der Waals surface area (Å²) in [6.45, 7) is 12.2. The van der Waals surface area contributed by atoms with Crippen molar-refractivity contribution in [3.8, 4) is 0 Å². The molecule has 1 spiro atoms. The number of likely N-dealkylation sites (tertiary alicyclic amines) is 1. The molecule has 1 heterocycles. The molecular weight excluding hydrogens is 228 g/mol. The average Bonchev–Trinajstić information content (AvgIpc) is 2.83. The van der Waals surface area contributed by atoms with Crippen LogP contribution < -0.4 is 5.32 Å². The Morgan fingerprint density at radius 3 is 2.44 bits per heavy atom. The topological polar surface area (TPSA) is 41.6 Å². The third-order valence-corrected chi connectivity index (χ3v) is 3.99. The SMILES string of the molecule is CC(C)N1C[C@@H](NC(=O)OC(C)(C)C)C2(CC2)C1. The Morgan fingerprint density at radius 1 is 1.39 bits per heavy atom. The zero-order chi connectivity index (χ0) is 13.6. The highest BCUT2D eigenvalue weighted by Gasteiger charge is 2.55. The minimum atomic E-state index is -0.420. The lowest BCUT2D eigenvalue weighted by molar-refractivity contribution is 0.0491. The second-order valence-corrected chi connectivity index (χ2v) is 7.08.